The lowest BCUT2D eigenvalue weighted by molar-refractivity contribution is -0.137. The van der Waals surface area contributed by atoms with Gasteiger partial charge < -0.3 is 5.73 Å². The Kier molecular flexibility index (Phi) is 2.55. The van der Waals surface area contributed by atoms with Gasteiger partial charge in [0.05, 0.1) is 10.5 Å². The van der Waals surface area contributed by atoms with E-state index in [4.69, 9.17) is 5.73 Å². The molecule has 2 rings (SSSR count). The molecule has 0 saturated heterocycles. The standard InChI is InChI=1S/C10H8F3NO2S/c11-10(12,13)7-2-1-3-8-9(7)6(4-14)5-17(8,15)16/h1-3,5H,4,14H2. The van der Waals surface area contributed by atoms with Gasteiger partial charge in [0.2, 0.25) is 9.84 Å². The van der Waals surface area contributed by atoms with E-state index in [1.54, 1.807) is 0 Å². The second-order valence-corrected chi connectivity index (χ2v) is 5.33. The van der Waals surface area contributed by atoms with E-state index in [1.807, 2.05) is 0 Å². The Labute approximate surface area is 95.7 Å². The molecule has 0 bridgehead atoms. The SMILES string of the molecule is NCC1=CS(=O)(=O)c2cccc(C(F)(F)F)c21. The summed E-state index contributed by atoms with van der Waals surface area (Å²) in [5.41, 5.74) is 3.99. The molecule has 1 aliphatic heterocycles. The average Bonchev–Trinajstić information content (AvgIpc) is 2.49. The Morgan fingerprint density at radius 2 is 1.88 bits per heavy atom. The Bertz CT molecular complexity index is 602. The van der Waals surface area contributed by atoms with Crippen molar-refractivity contribution in [3.63, 3.8) is 0 Å². The van der Waals surface area contributed by atoms with Crippen LogP contribution in [0, 0.1) is 0 Å². The van der Waals surface area contributed by atoms with Gasteiger partial charge in [-0.3, -0.25) is 0 Å². The molecule has 0 atom stereocenters. The largest absolute Gasteiger partial charge is 0.417 e. The van der Waals surface area contributed by atoms with Crippen LogP contribution >= 0.6 is 0 Å². The molecule has 92 valence electrons. The fraction of sp³-hybridized carbons (Fsp3) is 0.200. The van der Waals surface area contributed by atoms with Gasteiger partial charge in [0, 0.05) is 17.5 Å². The van der Waals surface area contributed by atoms with Gasteiger partial charge in [0.25, 0.3) is 0 Å². The molecule has 1 aromatic rings. The van der Waals surface area contributed by atoms with Crippen molar-refractivity contribution in [2.75, 3.05) is 6.54 Å². The van der Waals surface area contributed by atoms with E-state index in [-0.39, 0.29) is 22.6 Å². The number of alkyl halides is 3. The van der Waals surface area contributed by atoms with E-state index in [0.717, 1.165) is 23.6 Å². The average molecular weight is 263 g/mol. The van der Waals surface area contributed by atoms with E-state index in [1.165, 1.54) is 0 Å². The van der Waals surface area contributed by atoms with Gasteiger partial charge in [-0.1, -0.05) is 6.07 Å². The Balaban J connectivity index is 2.81. The lowest BCUT2D eigenvalue weighted by Crippen LogP contribution is -2.11. The zero-order chi connectivity index (χ0) is 12.8. The Hall–Kier alpha value is -1.34. The van der Waals surface area contributed by atoms with Crippen molar-refractivity contribution in [2.24, 2.45) is 5.73 Å². The smallest absolute Gasteiger partial charge is 0.326 e. The second kappa shape index (κ2) is 3.58. The van der Waals surface area contributed by atoms with Gasteiger partial charge in [-0.15, -0.1) is 0 Å². The zero-order valence-electron chi connectivity index (χ0n) is 8.45. The normalized spacial score (nSPS) is 17.8. The maximum atomic E-state index is 12.7. The number of hydrogen-bond acceptors (Lipinski definition) is 3. The summed E-state index contributed by atoms with van der Waals surface area (Å²) >= 11 is 0. The molecule has 0 radical (unpaired) electrons. The summed E-state index contributed by atoms with van der Waals surface area (Å²) < 4.78 is 61.4. The summed E-state index contributed by atoms with van der Waals surface area (Å²) in [6.45, 7) is -0.251. The van der Waals surface area contributed by atoms with Gasteiger partial charge in [-0.2, -0.15) is 13.2 Å². The van der Waals surface area contributed by atoms with Crippen LogP contribution in [0.5, 0.6) is 0 Å². The van der Waals surface area contributed by atoms with Crippen molar-refractivity contribution in [1.82, 2.24) is 0 Å². The molecule has 1 heterocycles. The van der Waals surface area contributed by atoms with Crippen LogP contribution < -0.4 is 5.73 Å². The third-order valence-corrected chi connectivity index (χ3v) is 4.02. The van der Waals surface area contributed by atoms with Crippen molar-refractivity contribution in [2.45, 2.75) is 11.1 Å². The minimum Gasteiger partial charge on any atom is -0.326 e. The van der Waals surface area contributed by atoms with Gasteiger partial charge >= 0.3 is 6.18 Å². The molecule has 0 amide bonds. The first kappa shape index (κ1) is 12.1. The zero-order valence-corrected chi connectivity index (χ0v) is 9.27. The van der Waals surface area contributed by atoms with Crippen LogP contribution in [0.4, 0.5) is 13.2 Å². The topological polar surface area (TPSA) is 60.2 Å². The molecule has 1 aliphatic rings. The van der Waals surface area contributed by atoms with Gasteiger partial charge in [0.15, 0.2) is 0 Å². The molecule has 0 unspecified atom stereocenters. The third-order valence-electron chi connectivity index (χ3n) is 2.48. The molecule has 2 N–H and O–H groups in total. The summed E-state index contributed by atoms with van der Waals surface area (Å²) in [4.78, 5) is -0.326. The van der Waals surface area contributed by atoms with Crippen LogP contribution in [0.15, 0.2) is 28.5 Å². The number of sulfone groups is 1. The first-order valence-electron chi connectivity index (χ1n) is 4.63. The van der Waals surface area contributed by atoms with Crippen LogP contribution in [0.25, 0.3) is 5.57 Å². The number of benzene rings is 1. The molecule has 0 spiro atoms. The van der Waals surface area contributed by atoms with E-state index < -0.39 is 21.6 Å². The molecule has 0 aromatic heterocycles. The van der Waals surface area contributed by atoms with Crippen LogP contribution in [-0.2, 0) is 16.0 Å². The second-order valence-electron chi connectivity index (χ2n) is 3.57. The lowest BCUT2D eigenvalue weighted by Gasteiger charge is -2.12. The number of nitrogens with two attached hydrogens (primary N) is 1. The summed E-state index contributed by atoms with van der Waals surface area (Å²) in [5, 5.41) is 0.799. The first-order valence-corrected chi connectivity index (χ1v) is 6.18. The summed E-state index contributed by atoms with van der Waals surface area (Å²) in [5.74, 6) is 0. The molecular formula is C10H8F3NO2S. The molecule has 0 aliphatic carbocycles. The third kappa shape index (κ3) is 1.85. The minimum atomic E-state index is -4.60. The highest BCUT2D eigenvalue weighted by molar-refractivity contribution is 7.95. The van der Waals surface area contributed by atoms with Crippen molar-refractivity contribution in [3.8, 4) is 0 Å². The summed E-state index contributed by atoms with van der Waals surface area (Å²) in [6.07, 6.45) is -4.60. The molecule has 0 fully saturated rings. The number of hydrogen-bond donors (Lipinski definition) is 1. The number of rotatable bonds is 1. The number of fused-ring (bicyclic) bond motifs is 1. The molecule has 1 aromatic carbocycles. The van der Waals surface area contributed by atoms with Crippen LogP contribution in [-0.4, -0.2) is 15.0 Å². The predicted molar refractivity (Wildman–Crippen MR) is 55.7 cm³/mol. The monoisotopic (exact) mass is 263 g/mol. The van der Waals surface area contributed by atoms with E-state index >= 15 is 0 Å². The van der Waals surface area contributed by atoms with Crippen LogP contribution in [0.2, 0.25) is 0 Å². The summed E-state index contributed by atoms with van der Waals surface area (Å²) in [6, 6.07) is 3.08. The van der Waals surface area contributed by atoms with Crippen LogP contribution in [0.3, 0.4) is 0 Å². The molecular weight excluding hydrogens is 255 g/mol. The number of halogens is 3. The molecule has 3 nitrogen and oxygen atoms in total. The van der Waals surface area contributed by atoms with Crippen molar-refractivity contribution >= 4 is 15.4 Å². The quantitative estimate of drug-likeness (QED) is 0.840. The first-order chi connectivity index (χ1) is 7.77. The van der Waals surface area contributed by atoms with Gasteiger partial charge in [0.1, 0.15) is 0 Å². The maximum absolute atomic E-state index is 12.7. The van der Waals surface area contributed by atoms with Gasteiger partial charge in [-0.25, -0.2) is 8.42 Å². The Morgan fingerprint density at radius 3 is 2.41 bits per heavy atom. The summed E-state index contributed by atoms with van der Waals surface area (Å²) in [7, 11) is -3.79. The van der Waals surface area contributed by atoms with E-state index in [9.17, 15) is 21.6 Å². The predicted octanol–water partition coefficient (Wildman–Crippen LogP) is 1.79. The fourth-order valence-electron chi connectivity index (χ4n) is 1.80. The molecule has 17 heavy (non-hydrogen) atoms. The fourth-order valence-corrected chi connectivity index (χ4v) is 3.30. The highest BCUT2D eigenvalue weighted by Gasteiger charge is 2.39. The highest BCUT2D eigenvalue weighted by Crippen LogP contribution is 2.41. The molecule has 7 heteroatoms. The van der Waals surface area contributed by atoms with Crippen molar-refractivity contribution in [1.29, 1.82) is 0 Å². The van der Waals surface area contributed by atoms with Crippen molar-refractivity contribution in [3.05, 3.63) is 34.7 Å². The van der Waals surface area contributed by atoms with Crippen molar-refractivity contribution < 1.29 is 21.6 Å². The molecule has 0 saturated carbocycles. The van der Waals surface area contributed by atoms with E-state index in [0.29, 0.717) is 0 Å². The van der Waals surface area contributed by atoms with Gasteiger partial charge in [-0.05, 0) is 17.7 Å². The Morgan fingerprint density at radius 1 is 1.24 bits per heavy atom. The van der Waals surface area contributed by atoms with Crippen LogP contribution in [0.1, 0.15) is 11.1 Å². The van der Waals surface area contributed by atoms with E-state index in [2.05, 4.69) is 0 Å². The maximum Gasteiger partial charge on any atom is 0.417 e. The minimum absolute atomic E-state index is 0.00655. The lowest BCUT2D eigenvalue weighted by atomic mass is 10.0. The highest BCUT2D eigenvalue weighted by atomic mass is 32.2.